The number of hydroxylamine groups is 2. The van der Waals surface area contributed by atoms with Gasteiger partial charge in [0, 0.05) is 111 Å². The van der Waals surface area contributed by atoms with E-state index in [9.17, 15) is 24.0 Å². The molecule has 1 fully saturated rings. The molecule has 81 heavy (non-hydrogen) atoms. The van der Waals surface area contributed by atoms with Crippen LogP contribution in [0.2, 0.25) is 0 Å². The van der Waals surface area contributed by atoms with Gasteiger partial charge in [0.15, 0.2) is 11.5 Å². The maximum absolute atomic E-state index is 14.3. The Kier molecular flexibility index (Phi) is 20.0. The third-order valence-corrected chi connectivity index (χ3v) is 16.8. The van der Waals surface area contributed by atoms with Crippen LogP contribution in [0.25, 0.3) is 0 Å². The molecule has 0 spiro atoms. The van der Waals surface area contributed by atoms with E-state index in [1.807, 2.05) is 77.4 Å². The summed E-state index contributed by atoms with van der Waals surface area (Å²) in [5.41, 5.74) is 11.0. The molecule has 0 aromatic heterocycles. The van der Waals surface area contributed by atoms with Crippen LogP contribution < -0.4 is 28.9 Å². The van der Waals surface area contributed by atoms with Gasteiger partial charge in [0.25, 0.3) is 23.6 Å². The zero-order chi connectivity index (χ0) is 55.9. The summed E-state index contributed by atoms with van der Waals surface area (Å²) in [5.74, 6) is 0.673. The van der Waals surface area contributed by atoms with E-state index in [4.69, 9.17) is 33.3 Å². The minimum Gasteiger partial charge on any atom is -0.493 e. The minimum absolute atomic E-state index is 0. The van der Waals surface area contributed by atoms with E-state index in [-0.39, 0.29) is 93.8 Å². The first-order valence-corrected chi connectivity index (χ1v) is 28.7. The number of ether oxygens (including phenoxy) is 6. The summed E-state index contributed by atoms with van der Waals surface area (Å²) in [5, 5.41) is 0.593. The van der Waals surface area contributed by atoms with E-state index in [0.717, 1.165) is 64.1 Å². The Balaban J connectivity index is 0.00000792. The number of thioether (sulfide) groups is 1. The van der Waals surface area contributed by atoms with Gasteiger partial charge in [-0.15, -0.1) is 5.06 Å². The van der Waals surface area contributed by atoms with Crippen molar-refractivity contribution in [1.29, 1.82) is 0 Å². The monoisotopic (exact) mass is 1200 g/mol. The summed E-state index contributed by atoms with van der Waals surface area (Å²) >= 11 is 1.71. The van der Waals surface area contributed by atoms with Crippen LogP contribution in [0.3, 0.4) is 0 Å². The molecule has 5 aliphatic heterocycles. The van der Waals surface area contributed by atoms with Crippen molar-refractivity contribution < 1.29 is 89.9 Å². The molecular weight excluding hydrogens is 1130 g/mol. The molecule has 4 amide bonds. The number of hydrogen-bond acceptors (Lipinski definition) is 14. The molecule has 1 radical (unpaired) electrons. The molecule has 18 heteroatoms. The normalized spacial score (nSPS) is 17.1. The van der Waals surface area contributed by atoms with Crippen LogP contribution in [0, 0.1) is 13.3 Å². The number of aryl methyl sites for hydroxylation is 2. The summed E-state index contributed by atoms with van der Waals surface area (Å²) in [6.07, 6.45) is 6.63. The molecule has 16 nitrogen and oxygen atoms in total. The quantitative estimate of drug-likeness (QED) is 0.0309. The zero-order valence-corrected chi connectivity index (χ0v) is 50.7. The Morgan fingerprint density at radius 1 is 0.704 bits per heavy atom. The van der Waals surface area contributed by atoms with E-state index in [0.29, 0.717) is 105 Å². The number of carbonyl (C=O) groups excluding carboxylic acids is 5. The Morgan fingerprint density at radius 2 is 1.33 bits per heavy atom. The SMILES string of the molecule is COCCOCCOCCN(CC(C)(C)SCCCC(=O)ON1C(=O)CCC1=O)c1cc(COc2cc3c(cc2C)C(=O)N2c4ccccc4C[C@H]2[CH-]C3)cc(COc2cc3c(cc2OC)C(=O)N2c4ccccc4C[C@H]2CC3)c1.[Y]. The molecule has 0 N–H and O–H groups in total. The van der Waals surface area contributed by atoms with Crippen LogP contribution in [-0.4, -0.2) is 118 Å². The van der Waals surface area contributed by atoms with Crippen molar-refractivity contribution in [2.45, 2.75) is 109 Å². The standard InChI is InChI=1S/C63H71N4O12S.Y/c1-41-29-51-44(16-18-48-33-46-11-6-8-13-53(46)65(48)61(51)71)35-55(41)77-38-42-30-43(39-78-57-36-45-17-19-49-34-47-12-7-9-14-54(47)66(49)62(72)52(45)37-56(57)74-5)32-50(31-42)64(22-23-75-26-27-76-25-24-73-4)40-63(2,3)80-28-10-15-60(70)79-67-58(68)20-21-59(67)69;/h6-9,11-14,18,29-32,35-37,48-49H,10,15-17,19-28,33-34,38-40H2,1-5H3;/q-1;/t48-,49-;/m1./s1. The summed E-state index contributed by atoms with van der Waals surface area (Å²) < 4.78 is 36.0. The summed E-state index contributed by atoms with van der Waals surface area (Å²) in [6.45, 7) is 10.0. The van der Waals surface area contributed by atoms with Crippen molar-refractivity contribution in [3.8, 4) is 17.2 Å². The fourth-order valence-corrected chi connectivity index (χ4v) is 12.5. The number of rotatable bonds is 25. The number of carbonyl (C=O) groups is 5. The van der Waals surface area contributed by atoms with Crippen molar-refractivity contribution in [1.82, 2.24) is 5.06 Å². The van der Waals surface area contributed by atoms with Gasteiger partial charge in [0.2, 0.25) is 0 Å². The zero-order valence-electron chi connectivity index (χ0n) is 47.0. The van der Waals surface area contributed by atoms with Crippen molar-refractivity contribution in [2.24, 2.45) is 0 Å². The van der Waals surface area contributed by atoms with Crippen molar-refractivity contribution >= 4 is 58.4 Å². The number of para-hydroxylation sites is 2. The predicted molar refractivity (Wildman–Crippen MR) is 306 cm³/mol. The van der Waals surface area contributed by atoms with Gasteiger partial charge in [0.1, 0.15) is 19.0 Å². The summed E-state index contributed by atoms with van der Waals surface area (Å²) in [4.78, 5) is 76.7. The van der Waals surface area contributed by atoms with Gasteiger partial charge in [-0.25, -0.2) is 4.79 Å². The molecular formula is C63H71N4O12SY-. The Bertz CT molecular complexity index is 3120. The molecule has 10 rings (SSSR count). The predicted octanol–water partition coefficient (Wildman–Crippen LogP) is 9.39. The molecule has 5 aromatic rings. The number of benzene rings is 5. The van der Waals surface area contributed by atoms with E-state index in [1.54, 1.807) is 26.0 Å². The first-order valence-electron chi connectivity index (χ1n) is 27.8. The topological polar surface area (TPSA) is 163 Å². The first kappa shape index (κ1) is 59.8. The second-order valence-corrected chi connectivity index (χ2v) is 23.4. The van der Waals surface area contributed by atoms with E-state index in [1.165, 1.54) is 11.1 Å². The largest absolute Gasteiger partial charge is 0.493 e. The first-order chi connectivity index (χ1) is 38.8. The van der Waals surface area contributed by atoms with E-state index >= 15 is 0 Å². The van der Waals surface area contributed by atoms with Crippen molar-refractivity contribution in [3.05, 3.63) is 147 Å². The number of methoxy groups -OCH3 is 2. The van der Waals surface area contributed by atoms with Crippen LogP contribution in [0.5, 0.6) is 17.2 Å². The van der Waals surface area contributed by atoms with Crippen LogP contribution in [-0.2, 0) is 105 Å². The molecule has 1 saturated heterocycles. The van der Waals surface area contributed by atoms with E-state index < -0.39 is 17.8 Å². The fourth-order valence-electron chi connectivity index (χ4n) is 11.4. The Morgan fingerprint density at radius 3 is 2.05 bits per heavy atom. The molecule has 2 atom stereocenters. The average Bonchev–Trinajstić information content (AvgIpc) is 3.88. The van der Waals surface area contributed by atoms with Crippen molar-refractivity contribution in [2.75, 3.05) is 80.8 Å². The third kappa shape index (κ3) is 14.0. The summed E-state index contributed by atoms with van der Waals surface area (Å²) in [7, 11) is 3.23. The van der Waals surface area contributed by atoms with Crippen LogP contribution >= 0.6 is 11.8 Å². The van der Waals surface area contributed by atoms with Gasteiger partial charge in [0.05, 0.1) is 40.1 Å². The molecule has 0 bridgehead atoms. The minimum atomic E-state index is -0.617. The van der Waals surface area contributed by atoms with Gasteiger partial charge < -0.3 is 54.4 Å². The van der Waals surface area contributed by atoms with Gasteiger partial charge in [-0.2, -0.15) is 18.2 Å². The van der Waals surface area contributed by atoms with Gasteiger partial charge in [-0.3, -0.25) is 19.2 Å². The molecule has 0 aliphatic carbocycles. The molecule has 0 unspecified atom stereocenters. The molecule has 5 aromatic carbocycles. The second kappa shape index (κ2) is 27.1. The Labute approximate surface area is 504 Å². The fraction of sp³-hybridized carbons (Fsp3) is 0.429. The van der Waals surface area contributed by atoms with Gasteiger partial charge in [-0.05, 0) is 147 Å². The van der Waals surface area contributed by atoms with Crippen LogP contribution in [0.1, 0.15) is 106 Å². The van der Waals surface area contributed by atoms with Crippen LogP contribution in [0.15, 0.2) is 91.0 Å². The number of fused-ring (bicyclic) bond motifs is 8. The number of anilines is 3. The third-order valence-electron chi connectivity index (χ3n) is 15.4. The average molecular weight is 1200 g/mol. The molecule has 5 heterocycles. The van der Waals surface area contributed by atoms with Gasteiger partial charge in [-0.1, -0.05) is 48.0 Å². The molecule has 5 aliphatic rings. The maximum Gasteiger partial charge on any atom is 0.333 e. The van der Waals surface area contributed by atoms with Gasteiger partial charge >= 0.3 is 5.97 Å². The smallest absolute Gasteiger partial charge is 0.333 e. The second-order valence-electron chi connectivity index (χ2n) is 21.6. The van der Waals surface area contributed by atoms with Crippen molar-refractivity contribution in [3.63, 3.8) is 0 Å². The number of imide groups is 1. The summed E-state index contributed by atoms with van der Waals surface area (Å²) in [6, 6.07) is 30.5. The van der Waals surface area contributed by atoms with Crippen LogP contribution in [0.4, 0.5) is 17.1 Å². The molecule has 0 saturated carbocycles. The molecule has 425 valence electrons. The van der Waals surface area contributed by atoms with E-state index in [2.05, 4.69) is 55.5 Å². The maximum atomic E-state index is 14.3. The number of amides is 4. The number of nitrogens with zero attached hydrogens (tertiary/aromatic N) is 4. The number of hydrogen-bond donors (Lipinski definition) is 0. The Hall–Kier alpha value is -5.82.